The summed E-state index contributed by atoms with van der Waals surface area (Å²) in [6.45, 7) is 0.906. The van der Waals surface area contributed by atoms with Crippen molar-refractivity contribution in [2.45, 2.75) is 19.3 Å². The van der Waals surface area contributed by atoms with Crippen LogP contribution in [0.15, 0.2) is 30.6 Å². The standard InChI is InChI=1S/C14H17ClN4O2/c15-11-4-1-2-5-12(11)21-9-7-14(20)16-8-3-6-13-17-10-18-19-13/h1-2,4-5,10H,3,6-9H2,(H,16,20)(H,17,18,19). The molecule has 0 fully saturated rings. The molecule has 0 atom stereocenters. The predicted octanol–water partition coefficient (Wildman–Crippen LogP) is 1.98. The molecule has 0 saturated heterocycles. The van der Waals surface area contributed by atoms with E-state index in [0.717, 1.165) is 18.7 Å². The summed E-state index contributed by atoms with van der Waals surface area (Å²) in [5.41, 5.74) is 0. The van der Waals surface area contributed by atoms with Crippen molar-refractivity contribution in [3.8, 4) is 5.75 Å². The maximum Gasteiger partial charge on any atom is 0.223 e. The van der Waals surface area contributed by atoms with Crippen molar-refractivity contribution < 1.29 is 9.53 Å². The van der Waals surface area contributed by atoms with E-state index < -0.39 is 0 Å². The van der Waals surface area contributed by atoms with Gasteiger partial charge in [0.15, 0.2) is 0 Å². The lowest BCUT2D eigenvalue weighted by atomic mass is 10.3. The molecule has 0 radical (unpaired) electrons. The third-order valence-corrected chi connectivity index (χ3v) is 3.11. The number of benzene rings is 1. The van der Waals surface area contributed by atoms with Crippen LogP contribution in [0.4, 0.5) is 0 Å². The van der Waals surface area contributed by atoms with Gasteiger partial charge in [-0.3, -0.25) is 9.89 Å². The van der Waals surface area contributed by atoms with Gasteiger partial charge >= 0.3 is 0 Å². The molecule has 1 heterocycles. The van der Waals surface area contributed by atoms with E-state index >= 15 is 0 Å². The lowest BCUT2D eigenvalue weighted by Crippen LogP contribution is -2.26. The van der Waals surface area contributed by atoms with Crippen molar-refractivity contribution in [3.63, 3.8) is 0 Å². The Labute approximate surface area is 127 Å². The zero-order valence-electron chi connectivity index (χ0n) is 11.5. The van der Waals surface area contributed by atoms with Crippen molar-refractivity contribution in [1.29, 1.82) is 0 Å². The predicted molar refractivity (Wildman–Crippen MR) is 79.3 cm³/mol. The number of aromatic amines is 1. The Morgan fingerprint density at radius 3 is 3.00 bits per heavy atom. The van der Waals surface area contributed by atoms with E-state index in [1.807, 2.05) is 12.1 Å². The molecule has 0 aliphatic carbocycles. The van der Waals surface area contributed by atoms with Crippen molar-refractivity contribution in [3.05, 3.63) is 41.4 Å². The van der Waals surface area contributed by atoms with Crippen LogP contribution in [-0.4, -0.2) is 34.2 Å². The summed E-state index contributed by atoms with van der Waals surface area (Å²) in [5.74, 6) is 1.38. The molecule has 2 rings (SSSR count). The fourth-order valence-corrected chi connectivity index (χ4v) is 1.93. The number of hydrogen-bond acceptors (Lipinski definition) is 4. The molecule has 0 aliphatic rings. The van der Waals surface area contributed by atoms with E-state index in [2.05, 4.69) is 20.5 Å². The van der Waals surface area contributed by atoms with E-state index in [1.54, 1.807) is 12.1 Å². The highest BCUT2D eigenvalue weighted by molar-refractivity contribution is 6.32. The highest BCUT2D eigenvalue weighted by Crippen LogP contribution is 2.22. The Balaban J connectivity index is 1.56. The molecule has 0 unspecified atom stereocenters. The van der Waals surface area contributed by atoms with Crippen LogP contribution >= 0.6 is 11.6 Å². The molecule has 1 aromatic heterocycles. The van der Waals surface area contributed by atoms with Gasteiger partial charge in [-0.15, -0.1) is 0 Å². The van der Waals surface area contributed by atoms with Crippen molar-refractivity contribution in [1.82, 2.24) is 20.5 Å². The van der Waals surface area contributed by atoms with Gasteiger partial charge in [0.1, 0.15) is 17.9 Å². The third kappa shape index (κ3) is 5.43. The Morgan fingerprint density at radius 1 is 1.38 bits per heavy atom. The Morgan fingerprint density at radius 2 is 2.24 bits per heavy atom. The zero-order valence-corrected chi connectivity index (χ0v) is 12.3. The molecule has 6 nitrogen and oxygen atoms in total. The smallest absolute Gasteiger partial charge is 0.223 e. The molecule has 0 spiro atoms. The molecule has 7 heteroatoms. The van der Waals surface area contributed by atoms with E-state index in [-0.39, 0.29) is 5.91 Å². The lowest BCUT2D eigenvalue weighted by Gasteiger charge is -2.08. The van der Waals surface area contributed by atoms with Gasteiger partial charge in [-0.2, -0.15) is 5.10 Å². The SMILES string of the molecule is O=C(CCOc1ccccc1Cl)NCCCc1ncn[nH]1. The van der Waals surface area contributed by atoms with Crippen LogP contribution in [0, 0.1) is 0 Å². The lowest BCUT2D eigenvalue weighted by molar-refractivity contribution is -0.121. The number of carbonyl (C=O) groups is 1. The number of rotatable bonds is 8. The molecule has 0 saturated carbocycles. The number of H-pyrrole nitrogens is 1. The second-order valence-corrected chi connectivity index (χ2v) is 4.82. The fourth-order valence-electron chi connectivity index (χ4n) is 1.74. The maximum atomic E-state index is 11.6. The number of para-hydroxylation sites is 1. The number of nitrogens with zero attached hydrogens (tertiary/aromatic N) is 2. The average Bonchev–Trinajstić information content (AvgIpc) is 2.99. The van der Waals surface area contributed by atoms with Crippen LogP contribution in [0.25, 0.3) is 0 Å². The molecule has 0 aliphatic heterocycles. The topological polar surface area (TPSA) is 79.9 Å². The molecule has 1 amide bonds. The van der Waals surface area contributed by atoms with Gasteiger partial charge in [-0.1, -0.05) is 23.7 Å². The minimum Gasteiger partial charge on any atom is -0.491 e. The number of hydrogen-bond donors (Lipinski definition) is 2. The number of aromatic nitrogens is 3. The first-order valence-corrected chi connectivity index (χ1v) is 7.12. The van der Waals surface area contributed by atoms with Crippen molar-refractivity contribution >= 4 is 17.5 Å². The summed E-state index contributed by atoms with van der Waals surface area (Å²) in [7, 11) is 0. The van der Waals surface area contributed by atoms with Crippen LogP contribution in [0.5, 0.6) is 5.75 Å². The Kier molecular flexibility index (Phi) is 6.02. The number of ether oxygens (including phenoxy) is 1. The van der Waals surface area contributed by atoms with Gasteiger partial charge in [-0.05, 0) is 18.6 Å². The molecule has 112 valence electrons. The normalized spacial score (nSPS) is 10.3. The number of nitrogens with one attached hydrogen (secondary N) is 2. The van der Waals surface area contributed by atoms with E-state index in [0.29, 0.717) is 30.3 Å². The van der Waals surface area contributed by atoms with Crippen LogP contribution in [-0.2, 0) is 11.2 Å². The summed E-state index contributed by atoms with van der Waals surface area (Å²) in [5, 5.41) is 9.92. The molecular formula is C14H17ClN4O2. The molecular weight excluding hydrogens is 292 g/mol. The summed E-state index contributed by atoms with van der Waals surface area (Å²) in [6.07, 6.45) is 3.34. The number of carbonyl (C=O) groups excluding carboxylic acids is 1. The van der Waals surface area contributed by atoms with Gasteiger partial charge in [0, 0.05) is 13.0 Å². The first-order valence-electron chi connectivity index (χ1n) is 6.74. The summed E-state index contributed by atoms with van der Waals surface area (Å²) < 4.78 is 5.46. The van der Waals surface area contributed by atoms with Crippen LogP contribution < -0.4 is 10.1 Å². The summed E-state index contributed by atoms with van der Waals surface area (Å²) in [6, 6.07) is 7.19. The monoisotopic (exact) mass is 308 g/mol. The van der Waals surface area contributed by atoms with Crippen LogP contribution in [0.3, 0.4) is 0 Å². The first kappa shape index (κ1) is 15.3. The molecule has 2 aromatic rings. The quantitative estimate of drug-likeness (QED) is 0.731. The van der Waals surface area contributed by atoms with Crippen LogP contribution in [0.2, 0.25) is 5.02 Å². The Hall–Kier alpha value is -2.08. The highest BCUT2D eigenvalue weighted by Gasteiger charge is 2.04. The van der Waals surface area contributed by atoms with Crippen molar-refractivity contribution in [2.24, 2.45) is 0 Å². The second-order valence-electron chi connectivity index (χ2n) is 4.41. The number of amides is 1. The van der Waals surface area contributed by atoms with Gasteiger partial charge in [0.25, 0.3) is 0 Å². The molecule has 21 heavy (non-hydrogen) atoms. The minimum absolute atomic E-state index is 0.0420. The zero-order chi connectivity index (χ0) is 14.9. The largest absolute Gasteiger partial charge is 0.491 e. The fraction of sp³-hybridized carbons (Fsp3) is 0.357. The first-order chi connectivity index (χ1) is 10.3. The molecule has 1 aromatic carbocycles. The van der Waals surface area contributed by atoms with E-state index in [1.165, 1.54) is 6.33 Å². The maximum absolute atomic E-state index is 11.6. The van der Waals surface area contributed by atoms with E-state index in [9.17, 15) is 4.79 Å². The molecule has 2 N–H and O–H groups in total. The van der Waals surface area contributed by atoms with Gasteiger partial charge in [0.2, 0.25) is 5.91 Å². The summed E-state index contributed by atoms with van der Waals surface area (Å²) in [4.78, 5) is 15.6. The van der Waals surface area contributed by atoms with Crippen LogP contribution in [0.1, 0.15) is 18.7 Å². The highest BCUT2D eigenvalue weighted by atomic mass is 35.5. The minimum atomic E-state index is -0.0420. The third-order valence-electron chi connectivity index (χ3n) is 2.80. The van der Waals surface area contributed by atoms with E-state index in [4.69, 9.17) is 16.3 Å². The van der Waals surface area contributed by atoms with Gasteiger partial charge in [-0.25, -0.2) is 4.98 Å². The molecule has 0 bridgehead atoms. The van der Waals surface area contributed by atoms with Gasteiger partial charge < -0.3 is 10.1 Å². The number of aryl methyl sites for hydroxylation is 1. The number of halogens is 1. The second kappa shape index (κ2) is 8.26. The van der Waals surface area contributed by atoms with Crippen molar-refractivity contribution in [2.75, 3.05) is 13.2 Å². The average molecular weight is 309 g/mol. The summed E-state index contributed by atoms with van der Waals surface area (Å²) >= 11 is 5.95. The Bertz CT molecular complexity index is 560. The van der Waals surface area contributed by atoms with Gasteiger partial charge in [0.05, 0.1) is 18.1 Å².